The fraction of sp³-hybridized carbons (Fsp3) is 0.350. The van der Waals surface area contributed by atoms with Crippen molar-refractivity contribution in [2.24, 2.45) is 12.5 Å². The molecule has 0 atom stereocenters. The maximum absolute atomic E-state index is 12.9. The highest BCUT2D eigenvalue weighted by Gasteiger charge is 2.31. The molecule has 3 aromatic rings. The molecule has 0 bridgehead atoms. The van der Waals surface area contributed by atoms with Crippen molar-refractivity contribution in [1.82, 2.24) is 14.1 Å². The van der Waals surface area contributed by atoms with Crippen LogP contribution >= 0.6 is 0 Å². The van der Waals surface area contributed by atoms with Crippen LogP contribution in [0.4, 0.5) is 13.2 Å². The Bertz CT molecular complexity index is 1160. The number of aryl methyl sites for hydroxylation is 1. The summed E-state index contributed by atoms with van der Waals surface area (Å²) in [6.45, 7) is 6.54. The van der Waals surface area contributed by atoms with Crippen LogP contribution in [-0.2, 0) is 19.8 Å². The number of benzene rings is 1. The lowest BCUT2D eigenvalue weighted by molar-refractivity contribution is -0.137. The molecule has 0 amide bonds. The smallest absolute Gasteiger partial charge is 0.290 e. The van der Waals surface area contributed by atoms with Crippen molar-refractivity contribution in [2.45, 2.75) is 33.5 Å². The van der Waals surface area contributed by atoms with Gasteiger partial charge in [0, 0.05) is 19.2 Å². The molecule has 0 aliphatic heterocycles. The van der Waals surface area contributed by atoms with Crippen LogP contribution in [0.25, 0.3) is 22.4 Å². The van der Waals surface area contributed by atoms with E-state index in [1.807, 2.05) is 20.8 Å². The highest BCUT2D eigenvalue weighted by atomic mass is 19.4. The normalized spacial score (nSPS) is 12.4. The number of halogens is 3. The number of nitrogens with zero attached hydrogens (tertiary/aromatic N) is 4. The summed E-state index contributed by atoms with van der Waals surface area (Å²) < 4.78 is 41.8. The minimum atomic E-state index is -4.53. The summed E-state index contributed by atoms with van der Waals surface area (Å²) in [5.74, 6) is 0. The summed E-state index contributed by atoms with van der Waals surface area (Å²) in [6, 6.07) is 8.10. The summed E-state index contributed by atoms with van der Waals surface area (Å²) in [7, 11) is 1.60. The van der Waals surface area contributed by atoms with Gasteiger partial charge < -0.3 is 0 Å². The molecule has 0 unspecified atom stereocenters. The van der Waals surface area contributed by atoms with Crippen LogP contribution < -0.4 is 5.69 Å². The minimum Gasteiger partial charge on any atom is -0.290 e. The van der Waals surface area contributed by atoms with Crippen LogP contribution in [0.2, 0.25) is 0 Å². The second-order valence-corrected chi connectivity index (χ2v) is 7.90. The summed E-state index contributed by atoms with van der Waals surface area (Å²) >= 11 is 0. The first-order valence-electron chi connectivity index (χ1n) is 8.60. The lowest BCUT2D eigenvalue weighted by Gasteiger charge is -2.18. The first kappa shape index (κ1) is 19.7. The Morgan fingerprint density at radius 2 is 1.82 bits per heavy atom. The van der Waals surface area contributed by atoms with Gasteiger partial charge in [0.05, 0.1) is 28.4 Å². The van der Waals surface area contributed by atoms with Crippen LogP contribution in [0, 0.1) is 16.7 Å². The standard InChI is InChI=1S/C20H19F3N4O/c1-19(2,3)11-27-16-8-7-15(25-17(16)26(4)18(27)28)14-6-5-13(20(21,22)23)9-12(14)10-24/h5-9H,11H2,1-4H3. The van der Waals surface area contributed by atoms with Gasteiger partial charge in [-0.15, -0.1) is 0 Å². The zero-order valence-electron chi connectivity index (χ0n) is 15.9. The number of alkyl halides is 3. The number of fused-ring (bicyclic) bond motifs is 1. The topological polar surface area (TPSA) is 63.6 Å². The molecule has 0 saturated carbocycles. The van der Waals surface area contributed by atoms with E-state index in [4.69, 9.17) is 0 Å². The van der Waals surface area contributed by atoms with Gasteiger partial charge in [-0.3, -0.25) is 9.13 Å². The minimum absolute atomic E-state index is 0.124. The zero-order chi connectivity index (χ0) is 20.9. The Morgan fingerprint density at radius 3 is 2.39 bits per heavy atom. The number of hydrogen-bond acceptors (Lipinski definition) is 3. The zero-order valence-corrected chi connectivity index (χ0v) is 15.9. The van der Waals surface area contributed by atoms with Crippen molar-refractivity contribution < 1.29 is 13.2 Å². The van der Waals surface area contributed by atoms with Gasteiger partial charge in [-0.1, -0.05) is 26.8 Å². The van der Waals surface area contributed by atoms with Crippen LogP contribution in [0.1, 0.15) is 31.9 Å². The molecule has 0 spiro atoms. The Kier molecular flexibility index (Phi) is 4.58. The van der Waals surface area contributed by atoms with Gasteiger partial charge >= 0.3 is 11.9 Å². The van der Waals surface area contributed by atoms with Crippen molar-refractivity contribution in [2.75, 3.05) is 0 Å². The van der Waals surface area contributed by atoms with E-state index in [2.05, 4.69) is 4.98 Å². The van der Waals surface area contributed by atoms with E-state index in [0.29, 0.717) is 23.4 Å². The molecule has 2 aromatic heterocycles. The average molecular weight is 388 g/mol. The highest BCUT2D eigenvalue weighted by Crippen LogP contribution is 2.33. The third kappa shape index (κ3) is 3.52. The molecule has 2 heterocycles. The van der Waals surface area contributed by atoms with Gasteiger partial charge in [-0.2, -0.15) is 18.4 Å². The van der Waals surface area contributed by atoms with Crippen LogP contribution in [-0.4, -0.2) is 14.1 Å². The molecule has 0 saturated heterocycles. The van der Waals surface area contributed by atoms with Crippen molar-refractivity contribution in [3.05, 3.63) is 51.9 Å². The third-order valence-electron chi connectivity index (χ3n) is 4.36. The molecule has 0 fully saturated rings. The van der Waals surface area contributed by atoms with Crippen LogP contribution in [0.15, 0.2) is 35.1 Å². The van der Waals surface area contributed by atoms with E-state index < -0.39 is 11.7 Å². The fourth-order valence-electron chi connectivity index (χ4n) is 3.09. The number of hydrogen-bond donors (Lipinski definition) is 0. The summed E-state index contributed by atoms with van der Waals surface area (Å²) in [5, 5.41) is 9.31. The number of rotatable bonds is 2. The summed E-state index contributed by atoms with van der Waals surface area (Å²) in [4.78, 5) is 17.1. The third-order valence-corrected chi connectivity index (χ3v) is 4.36. The number of imidazole rings is 1. The predicted octanol–water partition coefficient (Wildman–Crippen LogP) is 4.34. The molecule has 8 heteroatoms. The van der Waals surface area contributed by atoms with Crippen molar-refractivity contribution >= 4 is 11.2 Å². The van der Waals surface area contributed by atoms with Gasteiger partial charge in [0.15, 0.2) is 5.65 Å². The molecule has 28 heavy (non-hydrogen) atoms. The lowest BCUT2D eigenvalue weighted by Crippen LogP contribution is -2.27. The van der Waals surface area contributed by atoms with Crippen LogP contribution in [0.3, 0.4) is 0 Å². The molecule has 0 aliphatic carbocycles. The SMILES string of the molecule is Cn1c(=O)n(CC(C)(C)C)c2ccc(-c3ccc(C(F)(F)F)cc3C#N)nc21. The second kappa shape index (κ2) is 6.51. The summed E-state index contributed by atoms with van der Waals surface area (Å²) in [6.07, 6.45) is -4.53. The van der Waals surface area contributed by atoms with Gasteiger partial charge in [0.2, 0.25) is 0 Å². The fourth-order valence-corrected chi connectivity index (χ4v) is 3.09. The maximum Gasteiger partial charge on any atom is 0.416 e. The first-order chi connectivity index (χ1) is 12.9. The molecule has 5 nitrogen and oxygen atoms in total. The van der Waals surface area contributed by atoms with E-state index in [9.17, 15) is 23.2 Å². The quantitative estimate of drug-likeness (QED) is 0.656. The maximum atomic E-state index is 12.9. The van der Waals surface area contributed by atoms with Crippen molar-refractivity contribution in [3.63, 3.8) is 0 Å². The number of nitriles is 1. The molecule has 0 aliphatic rings. The Balaban J connectivity index is 2.18. The van der Waals surface area contributed by atoms with Gasteiger partial charge in [0.25, 0.3) is 0 Å². The largest absolute Gasteiger partial charge is 0.416 e. The second-order valence-electron chi connectivity index (χ2n) is 7.90. The van der Waals surface area contributed by atoms with E-state index in [-0.39, 0.29) is 22.2 Å². The van der Waals surface area contributed by atoms with Gasteiger partial charge in [-0.05, 0) is 29.7 Å². The Morgan fingerprint density at radius 1 is 1.14 bits per heavy atom. The number of aromatic nitrogens is 3. The first-order valence-corrected chi connectivity index (χ1v) is 8.60. The average Bonchev–Trinajstić information content (AvgIpc) is 2.83. The number of pyridine rings is 1. The van der Waals surface area contributed by atoms with Crippen molar-refractivity contribution in [3.8, 4) is 17.3 Å². The van der Waals surface area contributed by atoms with Crippen LogP contribution in [0.5, 0.6) is 0 Å². The van der Waals surface area contributed by atoms with Gasteiger partial charge in [-0.25, -0.2) is 9.78 Å². The Hall–Kier alpha value is -3.08. The van der Waals surface area contributed by atoms with Gasteiger partial charge in [0.1, 0.15) is 0 Å². The molecular weight excluding hydrogens is 369 g/mol. The predicted molar refractivity (Wildman–Crippen MR) is 99.6 cm³/mol. The van der Waals surface area contributed by atoms with Crippen molar-refractivity contribution in [1.29, 1.82) is 5.26 Å². The lowest BCUT2D eigenvalue weighted by atomic mass is 9.97. The highest BCUT2D eigenvalue weighted by molar-refractivity contribution is 5.78. The Labute approximate surface area is 159 Å². The molecule has 146 valence electrons. The van der Waals surface area contributed by atoms with E-state index in [0.717, 1.165) is 12.1 Å². The van der Waals surface area contributed by atoms with E-state index >= 15 is 0 Å². The molecule has 3 rings (SSSR count). The molecular formula is C20H19F3N4O. The molecule has 0 N–H and O–H groups in total. The monoisotopic (exact) mass is 388 g/mol. The molecule has 1 aromatic carbocycles. The van der Waals surface area contributed by atoms with E-state index in [1.54, 1.807) is 29.8 Å². The summed E-state index contributed by atoms with van der Waals surface area (Å²) in [5.41, 5.74) is 0.306. The van der Waals surface area contributed by atoms with E-state index in [1.165, 1.54) is 10.6 Å². The molecule has 0 radical (unpaired) electrons.